The zero-order valence-electron chi connectivity index (χ0n) is 17.2. The minimum Gasteiger partial charge on any atom is -0.331 e. The minimum absolute atomic E-state index is 0.104. The van der Waals surface area contributed by atoms with E-state index in [0.717, 1.165) is 31.9 Å². The molecule has 2 aromatic heterocycles. The van der Waals surface area contributed by atoms with Crippen LogP contribution < -0.4 is 0 Å². The standard InChI is InChI=1S/C25H26N4O/c1-18-7-8-22(27-13-18)16-28-14-21-15-29(25(30)20-9-11-26-12-10-20)24(23(21)17-28)19-5-3-2-4-6-19/h2-13,21,23-24H,14-17H2,1H3/t21-,23-,24+/m0/s1. The van der Waals surface area contributed by atoms with E-state index in [4.69, 9.17) is 0 Å². The lowest BCUT2D eigenvalue weighted by Crippen LogP contribution is -2.35. The maximum Gasteiger partial charge on any atom is 0.254 e. The molecule has 3 atom stereocenters. The van der Waals surface area contributed by atoms with Gasteiger partial charge in [0.1, 0.15) is 0 Å². The Morgan fingerprint density at radius 2 is 1.80 bits per heavy atom. The molecule has 5 rings (SSSR count). The lowest BCUT2D eigenvalue weighted by Gasteiger charge is -2.30. The van der Waals surface area contributed by atoms with Gasteiger partial charge in [0.15, 0.2) is 0 Å². The maximum absolute atomic E-state index is 13.3. The molecule has 2 aliphatic rings. The number of pyridine rings is 2. The number of hydrogen-bond donors (Lipinski definition) is 0. The molecule has 5 heteroatoms. The van der Waals surface area contributed by atoms with Crippen molar-refractivity contribution in [2.24, 2.45) is 11.8 Å². The van der Waals surface area contributed by atoms with Gasteiger partial charge in [-0.25, -0.2) is 0 Å². The van der Waals surface area contributed by atoms with Crippen molar-refractivity contribution in [1.82, 2.24) is 19.8 Å². The van der Waals surface area contributed by atoms with Gasteiger partial charge in [0.05, 0.1) is 11.7 Å². The average molecular weight is 399 g/mol. The molecule has 4 heterocycles. The summed E-state index contributed by atoms with van der Waals surface area (Å²) in [6, 6.07) is 18.5. The number of fused-ring (bicyclic) bond motifs is 1. The molecule has 2 fully saturated rings. The second-order valence-corrected chi connectivity index (χ2v) is 8.49. The highest BCUT2D eigenvalue weighted by molar-refractivity contribution is 5.94. The summed E-state index contributed by atoms with van der Waals surface area (Å²) in [5.74, 6) is 1.02. The number of likely N-dealkylation sites (tertiary alicyclic amines) is 2. The highest BCUT2D eigenvalue weighted by atomic mass is 16.2. The van der Waals surface area contributed by atoms with Gasteiger partial charge in [-0.1, -0.05) is 36.4 Å². The third-order valence-electron chi connectivity index (χ3n) is 6.43. The Morgan fingerprint density at radius 3 is 2.53 bits per heavy atom. The van der Waals surface area contributed by atoms with Crippen LogP contribution in [0.1, 0.15) is 33.2 Å². The van der Waals surface area contributed by atoms with Crippen molar-refractivity contribution < 1.29 is 4.79 Å². The van der Waals surface area contributed by atoms with E-state index in [2.05, 4.69) is 63.1 Å². The molecule has 0 aliphatic carbocycles. The van der Waals surface area contributed by atoms with Gasteiger partial charge in [-0.3, -0.25) is 19.7 Å². The molecule has 1 aromatic carbocycles. The fourth-order valence-corrected chi connectivity index (χ4v) is 5.03. The molecular weight excluding hydrogens is 372 g/mol. The van der Waals surface area contributed by atoms with E-state index in [1.807, 2.05) is 24.4 Å². The van der Waals surface area contributed by atoms with Crippen molar-refractivity contribution in [2.45, 2.75) is 19.5 Å². The minimum atomic E-state index is 0.104. The number of aryl methyl sites for hydroxylation is 1. The Labute approximate surface area is 177 Å². The van der Waals surface area contributed by atoms with Gasteiger partial charge in [-0.2, -0.15) is 0 Å². The molecule has 3 aromatic rings. The van der Waals surface area contributed by atoms with Crippen LogP contribution in [-0.4, -0.2) is 45.3 Å². The smallest absolute Gasteiger partial charge is 0.254 e. The number of aromatic nitrogens is 2. The van der Waals surface area contributed by atoms with E-state index in [9.17, 15) is 4.79 Å². The van der Waals surface area contributed by atoms with Crippen molar-refractivity contribution in [3.63, 3.8) is 0 Å². The molecule has 2 aliphatic heterocycles. The fraction of sp³-hybridized carbons (Fsp3) is 0.320. The fourth-order valence-electron chi connectivity index (χ4n) is 5.03. The first kappa shape index (κ1) is 18.9. The maximum atomic E-state index is 13.3. The lowest BCUT2D eigenvalue weighted by molar-refractivity contribution is 0.0699. The first-order valence-electron chi connectivity index (χ1n) is 10.6. The number of carbonyl (C=O) groups is 1. The summed E-state index contributed by atoms with van der Waals surface area (Å²) in [6.07, 6.45) is 5.32. The zero-order valence-corrected chi connectivity index (χ0v) is 17.2. The molecule has 0 spiro atoms. The second kappa shape index (κ2) is 8.00. The molecule has 152 valence electrons. The predicted molar refractivity (Wildman–Crippen MR) is 116 cm³/mol. The molecule has 2 saturated heterocycles. The van der Waals surface area contributed by atoms with Crippen LogP contribution in [0.4, 0.5) is 0 Å². The number of amides is 1. The van der Waals surface area contributed by atoms with E-state index in [-0.39, 0.29) is 11.9 Å². The normalized spacial score (nSPS) is 23.5. The van der Waals surface area contributed by atoms with Gasteiger partial charge in [-0.15, -0.1) is 0 Å². The van der Waals surface area contributed by atoms with Crippen LogP contribution in [0.15, 0.2) is 73.2 Å². The first-order valence-corrected chi connectivity index (χ1v) is 10.6. The van der Waals surface area contributed by atoms with E-state index in [0.29, 0.717) is 17.4 Å². The molecule has 0 N–H and O–H groups in total. The number of hydrogen-bond acceptors (Lipinski definition) is 4. The molecular formula is C25H26N4O. The van der Waals surface area contributed by atoms with E-state index < -0.39 is 0 Å². The van der Waals surface area contributed by atoms with Crippen LogP contribution in [0.25, 0.3) is 0 Å². The third kappa shape index (κ3) is 3.61. The van der Waals surface area contributed by atoms with E-state index >= 15 is 0 Å². The van der Waals surface area contributed by atoms with Gasteiger partial charge >= 0.3 is 0 Å². The van der Waals surface area contributed by atoms with Crippen molar-refractivity contribution in [1.29, 1.82) is 0 Å². The molecule has 0 unspecified atom stereocenters. The van der Waals surface area contributed by atoms with Crippen LogP contribution >= 0.6 is 0 Å². The largest absolute Gasteiger partial charge is 0.331 e. The van der Waals surface area contributed by atoms with Gasteiger partial charge in [0, 0.05) is 56.3 Å². The Morgan fingerprint density at radius 1 is 1.00 bits per heavy atom. The van der Waals surface area contributed by atoms with E-state index in [1.54, 1.807) is 12.4 Å². The molecule has 30 heavy (non-hydrogen) atoms. The Hall–Kier alpha value is -3.05. The second-order valence-electron chi connectivity index (χ2n) is 8.49. The summed E-state index contributed by atoms with van der Waals surface area (Å²) in [6.45, 7) is 5.72. The summed E-state index contributed by atoms with van der Waals surface area (Å²) in [5, 5.41) is 0. The summed E-state index contributed by atoms with van der Waals surface area (Å²) in [4.78, 5) is 26.6. The van der Waals surface area contributed by atoms with Crippen molar-refractivity contribution in [3.8, 4) is 0 Å². The molecule has 5 nitrogen and oxygen atoms in total. The highest BCUT2D eigenvalue weighted by Gasteiger charge is 2.49. The van der Waals surface area contributed by atoms with Crippen molar-refractivity contribution >= 4 is 5.91 Å². The Balaban J connectivity index is 1.39. The first-order chi connectivity index (χ1) is 14.7. The lowest BCUT2D eigenvalue weighted by atomic mass is 9.89. The average Bonchev–Trinajstić information content (AvgIpc) is 3.33. The van der Waals surface area contributed by atoms with Crippen LogP contribution in [-0.2, 0) is 6.54 Å². The van der Waals surface area contributed by atoms with Gasteiger partial charge in [0.25, 0.3) is 5.91 Å². The summed E-state index contributed by atoms with van der Waals surface area (Å²) in [5.41, 5.74) is 4.24. The van der Waals surface area contributed by atoms with Crippen molar-refractivity contribution in [2.75, 3.05) is 19.6 Å². The zero-order chi connectivity index (χ0) is 20.5. The quantitative estimate of drug-likeness (QED) is 0.672. The molecule has 0 saturated carbocycles. The molecule has 0 bridgehead atoms. The number of rotatable bonds is 4. The molecule has 0 radical (unpaired) electrons. The topological polar surface area (TPSA) is 49.3 Å². The van der Waals surface area contributed by atoms with Crippen LogP contribution in [0, 0.1) is 18.8 Å². The van der Waals surface area contributed by atoms with E-state index in [1.165, 1.54) is 11.1 Å². The van der Waals surface area contributed by atoms with Crippen LogP contribution in [0.3, 0.4) is 0 Å². The summed E-state index contributed by atoms with van der Waals surface area (Å²) < 4.78 is 0. The van der Waals surface area contributed by atoms with Crippen molar-refractivity contribution in [3.05, 3.63) is 95.6 Å². The van der Waals surface area contributed by atoms with Gasteiger partial charge in [-0.05, 0) is 42.2 Å². The monoisotopic (exact) mass is 398 g/mol. The Kier molecular flexibility index (Phi) is 5.05. The predicted octanol–water partition coefficient (Wildman–Crippen LogP) is 3.73. The third-order valence-corrected chi connectivity index (χ3v) is 6.43. The number of carbonyl (C=O) groups excluding carboxylic acids is 1. The highest BCUT2D eigenvalue weighted by Crippen LogP contribution is 2.45. The van der Waals surface area contributed by atoms with Crippen LogP contribution in [0.5, 0.6) is 0 Å². The van der Waals surface area contributed by atoms with Crippen LogP contribution in [0.2, 0.25) is 0 Å². The summed E-state index contributed by atoms with van der Waals surface area (Å²) in [7, 11) is 0. The number of benzene rings is 1. The van der Waals surface area contributed by atoms with Gasteiger partial charge < -0.3 is 4.90 Å². The Bertz CT molecular complexity index is 1010. The molecule has 1 amide bonds. The SMILES string of the molecule is Cc1ccc(CN2C[C@H]3CN(C(=O)c4ccncc4)[C@H](c4ccccc4)[C@H]3C2)nc1. The van der Waals surface area contributed by atoms with Gasteiger partial charge in [0.2, 0.25) is 0 Å². The summed E-state index contributed by atoms with van der Waals surface area (Å²) >= 11 is 0. The number of nitrogens with zero attached hydrogens (tertiary/aromatic N) is 4.